The summed E-state index contributed by atoms with van der Waals surface area (Å²) in [6.07, 6.45) is -0.581. The van der Waals surface area contributed by atoms with E-state index in [0.29, 0.717) is 13.0 Å². The molecule has 2 heterocycles. The molecule has 0 aliphatic carbocycles. The topological polar surface area (TPSA) is 62.2 Å². The van der Waals surface area contributed by atoms with Gasteiger partial charge in [-0.3, -0.25) is 9.74 Å². The number of likely N-dealkylation sites (tertiary alicyclic amines) is 1. The standard InChI is InChI=1S/C13H16N2O4/c1-18-12(16)14-8-7-13(17)9-5-3-4-6-10(9)15(19-2)11(13)14/h3-6,11,17H,7-8H2,1-2H3/t11-,13-/m1/s1. The van der Waals surface area contributed by atoms with Crippen molar-refractivity contribution in [2.75, 3.05) is 25.8 Å². The summed E-state index contributed by atoms with van der Waals surface area (Å²) in [6, 6.07) is 7.47. The lowest BCUT2D eigenvalue weighted by Gasteiger charge is -2.33. The van der Waals surface area contributed by atoms with Crippen LogP contribution in [0.5, 0.6) is 0 Å². The first-order valence-corrected chi connectivity index (χ1v) is 6.13. The fourth-order valence-electron chi connectivity index (χ4n) is 3.06. The number of amides is 1. The second-order valence-electron chi connectivity index (χ2n) is 4.74. The number of benzene rings is 1. The molecule has 3 rings (SSSR count). The summed E-state index contributed by atoms with van der Waals surface area (Å²) in [4.78, 5) is 18.7. The predicted molar refractivity (Wildman–Crippen MR) is 67.3 cm³/mol. The second kappa shape index (κ2) is 4.11. The maximum atomic E-state index is 11.8. The van der Waals surface area contributed by atoms with Crippen molar-refractivity contribution in [3.63, 3.8) is 0 Å². The molecule has 2 aliphatic heterocycles. The van der Waals surface area contributed by atoms with E-state index in [4.69, 9.17) is 9.57 Å². The maximum Gasteiger partial charge on any atom is 0.411 e. The first kappa shape index (κ1) is 12.3. The van der Waals surface area contributed by atoms with Crippen molar-refractivity contribution in [1.29, 1.82) is 0 Å². The number of fused-ring (bicyclic) bond motifs is 3. The van der Waals surface area contributed by atoms with E-state index in [1.54, 1.807) is 5.06 Å². The highest BCUT2D eigenvalue weighted by molar-refractivity contribution is 5.72. The minimum Gasteiger partial charge on any atom is -0.453 e. The number of carbonyl (C=O) groups is 1. The van der Waals surface area contributed by atoms with Gasteiger partial charge in [-0.1, -0.05) is 18.2 Å². The number of rotatable bonds is 1. The second-order valence-corrected chi connectivity index (χ2v) is 4.74. The molecule has 1 amide bonds. The Morgan fingerprint density at radius 1 is 1.42 bits per heavy atom. The van der Waals surface area contributed by atoms with Gasteiger partial charge in [-0.25, -0.2) is 9.86 Å². The largest absolute Gasteiger partial charge is 0.453 e. The zero-order valence-electron chi connectivity index (χ0n) is 10.9. The number of methoxy groups -OCH3 is 1. The van der Waals surface area contributed by atoms with E-state index in [1.165, 1.54) is 19.1 Å². The molecule has 1 N–H and O–H groups in total. The highest BCUT2D eigenvalue weighted by atomic mass is 16.7. The third-order valence-electron chi connectivity index (χ3n) is 3.89. The fourth-order valence-corrected chi connectivity index (χ4v) is 3.06. The fraction of sp³-hybridized carbons (Fsp3) is 0.462. The van der Waals surface area contributed by atoms with Gasteiger partial charge in [0.2, 0.25) is 0 Å². The average molecular weight is 264 g/mol. The van der Waals surface area contributed by atoms with E-state index in [2.05, 4.69) is 0 Å². The summed E-state index contributed by atoms with van der Waals surface area (Å²) in [5, 5.41) is 12.5. The van der Waals surface area contributed by atoms with Gasteiger partial charge in [-0.05, 0) is 6.07 Å². The summed E-state index contributed by atoms with van der Waals surface area (Å²) in [7, 11) is 2.86. The van der Waals surface area contributed by atoms with E-state index < -0.39 is 17.9 Å². The van der Waals surface area contributed by atoms with Crippen LogP contribution in [0.4, 0.5) is 10.5 Å². The Hall–Kier alpha value is -1.79. The van der Waals surface area contributed by atoms with Crippen molar-refractivity contribution in [2.45, 2.75) is 18.2 Å². The molecular weight excluding hydrogens is 248 g/mol. The van der Waals surface area contributed by atoms with Crippen LogP contribution in [0, 0.1) is 0 Å². The molecule has 0 unspecified atom stereocenters. The van der Waals surface area contributed by atoms with E-state index in [1.807, 2.05) is 24.3 Å². The highest BCUT2D eigenvalue weighted by Gasteiger charge is 2.59. The molecule has 6 heteroatoms. The lowest BCUT2D eigenvalue weighted by atomic mass is 9.93. The van der Waals surface area contributed by atoms with Crippen LogP contribution >= 0.6 is 0 Å². The molecule has 0 saturated carbocycles. The predicted octanol–water partition coefficient (Wildman–Crippen LogP) is 1.05. The van der Waals surface area contributed by atoms with Gasteiger partial charge >= 0.3 is 6.09 Å². The minimum atomic E-state index is -1.11. The molecule has 1 aromatic rings. The zero-order chi connectivity index (χ0) is 13.6. The molecule has 0 bridgehead atoms. The summed E-state index contributed by atoms with van der Waals surface area (Å²) in [5.41, 5.74) is 0.459. The van der Waals surface area contributed by atoms with Crippen molar-refractivity contribution in [3.8, 4) is 0 Å². The number of hydrogen-bond acceptors (Lipinski definition) is 5. The first-order valence-electron chi connectivity index (χ1n) is 6.13. The lowest BCUT2D eigenvalue weighted by molar-refractivity contribution is -0.0263. The molecule has 0 radical (unpaired) electrons. The van der Waals surface area contributed by atoms with Crippen molar-refractivity contribution in [1.82, 2.24) is 4.90 Å². The summed E-state index contributed by atoms with van der Waals surface area (Å²) < 4.78 is 4.77. The SMILES string of the molecule is COC(=O)N1CC[C@@]2(O)c3ccccc3N(OC)[C@@H]12. The van der Waals surface area contributed by atoms with Crippen LogP contribution in [0.25, 0.3) is 0 Å². The number of hydrogen-bond donors (Lipinski definition) is 1. The van der Waals surface area contributed by atoms with E-state index in [9.17, 15) is 9.90 Å². The average Bonchev–Trinajstić information content (AvgIpc) is 2.89. The molecular formula is C13H16N2O4. The van der Waals surface area contributed by atoms with Crippen LogP contribution in [0.15, 0.2) is 24.3 Å². The van der Waals surface area contributed by atoms with Crippen molar-refractivity contribution in [2.24, 2.45) is 0 Å². The molecule has 6 nitrogen and oxygen atoms in total. The molecule has 1 aromatic carbocycles. The highest BCUT2D eigenvalue weighted by Crippen LogP contribution is 2.50. The maximum absolute atomic E-state index is 11.8. The van der Waals surface area contributed by atoms with E-state index in [0.717, 1.165) is 11.3 Å². The Morgan fingerprint density at radius 3 is 2.84 bits per heavy atom. The van der Waals surface area contributed by atoms with Crippen molar-refractivity contribution in [3.05, 3.63) is 29.8 Å². The number of nitrogens with zero attached hydrogens (tertiary/aromatic N) is 2. The number of hydroxylamine groups is 1. The van der Waals surface area contributed by atoms with E-state index in [-0.39, 0.29) is 0 Å². The quantitative estimate of drug-likeness (QED) is 0.821. The van der Waals surface area contributed by atoms with Gasteiger partial charge in [-0.15, -0.1) is 0 Å². The van der Waals surface area contributed by atoms with Crippen LogP contribution in [-0.4, -0.2) is 43.0 Å². The third-order valence-corrected chi connectivity index (χ3v) is 3.89. The van der Waals surface area contributed by atoms with Gasteiger partial charge in [0, 0.05) is 18.5 Å². The number of anilines is 1. The number of carbonyl (C=O) groups excluding carboxylic acids is 1. The smallest absolute Gasteiger partial charge is 0.411 e. The Morgan fingerprint density at radius 2 is 2.16 bits per heavy atom. The van der Waals surface area contributed by atoms with Crippen LogP contribution in [0.3, 0.4) is 0 Å². The number of ether oxygens (including phenoxy) is 1. The van der Waals surface area contributed by atoms with Crippen molar-refractivity contribution < 1.29 is 19.5 Å². The van der Waals surface area contributed by atoms with Gasteiger partial charge in [0.15, 0.2) is 6.17 Å². The molecule has 2 aliphatic rings. The summed E-state index contributed by atoms with van der Waals surface area (Å²) in [6.45, 7) is 0.433. The summed E-state index contributed by atoms with van der Waals surface area (Å²) >= 11 is 0. The minimum absolute atomic E-state index is 0.433. The van der Waals surface area contributed by atoms with Crippen LogP contribution in [0.2, 0.25) is 0 Å². The number of aliphatic hydroxyl groups is 1. The molecule has 2 atom stereocenters. The number of para-hydroxylation sites is 1. The zero-order valence-corrected chi connectivity index (χ0v) is 10.9. The Balaban J connectivity index is 2.09. The van der Waals surface area contributed by atoms with Crippen LogP contribution < -0.4 is 5.06 Å². The van der Waals surface area contributed by atoms with Gasteiger partial charge in [0.25, 0.3) is 0 Å². The third kappa shape index (κ3) is 1.47. The van der Waals surface area contributed by atoms with Gasteiger partial charge in [0.05, 0.1) is 19.9 Å². The summed E-state index contributed by atoms with van der Waals surface area (Å²) in [5.74, 6) is 0. The Kier molecular flexibility index (Phi) is 2.65. The molecule has 1 fully saturated rings. The molecule has 0 spiro atoms. The van der Waals surface area contributed by atoms with Gasteiger partial charge in [0.1, 0.15) is 5.60 Å². The molecule has 0 aromatic heterocycles. The molecule has 1 saturated heterocycles. The Labute approximate surface area is 111 Å². The molecule has 19 heavy (non-hydrogen) atoms. The molecule has 102 valence electrons. The lowest BCUT2D eigenvalue weighted by Crippen LogP contribution is -2.51. The van der Waals surface area contributed by atoms with E-state index >= 15 is 0 Å². The van der Waals surface area contributed by atoms with Crippen molar-refractivity contribution >= 4 is 11.8 Å². The first-order chi connectivity index (χ1) is 9.13. The van der Waals surface area contributed by atoms with Gasteiger partial charge in [-0.2, -0.15) is 0 Å². The Bertz CT molecular complexity index is 521. The normalized spacial score (nSPS) is 28.3. The van der Waals surface area contributed by atoms with Crippen LogP contribution in [-0.2, 0) is 15.2 Å². The van der Waals surface area contributed by atoms with Crippen LogP contribution in [0.1, 0.15) is 12.0 Å². The van der Waals surface area contributed by atoms with Gasteiger partial charge < -0.3 is 9.84 Å². The monoisotopic (exact) mass is 264 g/mol.